The largest absolute Gasteiger partial charge is 0.316 e. The van der Waals surface area contributed by atoms with Gasteiger partial charge >= 0.3 is 0 Å². The molecule has 2 heterocycles. The maximum absolute atomic E-state index is 4.49. The lowest BCUT2D eigenvalue weighted by Gasteiger charge is -2.22. The average molecular weight is 205 g/mol. The molecule has 1 aliphatic rings. The van der Waals surface area contributed by atoms with E-state index in [4.69, 9.17) is 0 Å². The highest BCUT2D eigenvalue weighted by Crippen LogP contribution is 2.15. The predicted molar refractivity (Wildman–Crippen MR) is 60.8 cm³/mol. The van der Waals surface area contributed by atoms with Crippen LogP contribution in [0.15, 0.2) is 6.07 Å². The third-order valence-corrected chi connectivity index (χ3v) is 2.92. The average Bonchev–Trinajstić information content (AvgIpc) is 2.17. The highest BCUT2D eigenvalue weighted by molar-refractivity contribution is 5.10. The van der Waals surface area contributed by atoms with E-state index in [0.717, 1.165) is 30.4 Å². The van der Waals surface area contributed by atoms with Crippen molar-refractivity contribution < 1.29 is 0 Å². The van der Waals surface area contributed by atoms with Crippen LogP contribution in [0.25, 0.3) is 0 Å². The number of nitrogens with one attached hydrogen (secondary N) is 1. The molecule has 1 fully saturated rings. The van der Waals surface area contributed by atoms with Crippen LogP contribution in [-0.2, 0) is 6.42 Å². The fourth-order valence-electron chi connectivity index (χ4n) is 2.29. The summed E-state index contributed by atoms with van der Waals surface area (Å²) >= 11 is 0. The van der Waals surface area contributed by atoms with Gasteiger partial charge in [-0.3, -0.25) is 0 Å². The van der Waals surface area contributed by atoms with Crippen LogP contribution in [0.5, 0.6) is 0 Å². The lowest BCUT2D eigenvalue weighted by Crippen LogP contribution is -2.31. The van der Waals surface area contributed by atoms with Crippen molar-refractivity contribution in [3.8, 4) is 0 Å². The SMILES string of the molecule is Cc1cc(C[C@H]2CCCNC2)nc(C)n1. The van der Waals surface area contributed by atoms with Crippen LogP contribution in [0.2, 0.25) is 0 Å². The van der Waals surface area contributed by atoms with E-state index in [2.05, 4.69) is 21.4 Å². The molecule has 3 nitrogen and oxygen atoms in total. The number of rotatable bonds is 2. The standard InChI is InChI=1S/C12H19N3/c1-9-6-12(15-10(2)14-9)7-11-4-3-5-13-8-11/h6,11,13H,3-5,7-8H2,1-2H3/t11-/m1/s1. The van der Waals surface area contributed by atoms with Gasteiger partial charge in [0.1, 0.15) is 5.82 Å². The van der Waals surface area contributed by atoms with E-state index in [1.165, 1.54) is 25.1 Å². The first-order chi connectivity index (χ1) is 7.24. The number of hydrogen-bond donors (Lipinski definition) is 1. The topological polar surface area (TPSA) is 37.8 Å². The molecule has 3 heteroatoms. The molecule has 1 saturated heterocycles. The molecule has 0 aliphatic carbocycles. The number of aryl methyl sites for hydroxylation is 2. The molecule has 0 spiro atoms. The monoisotopic (exact) mass is 205 g/mol. The summed E-state index contributed by atoms with van der Waals surface area (Å²) in [6.45, 7) is 6.33. The van der Waals surface area contributed by atoms with E-state index in [0.29, 0.717) is 0 Å². The molecular weight excluding hydrogens is 186 g/mol. The zero-order chi connectivity index (χ0) is 10.7. The van der Waals surface area contributed by atoms with Crippen LogP contribution in [0, 0.1) is 19.8 Å². The Morgan fingerprint density at radius 2 is 2.27 bits per heavy atom. The molecule has 0 saturated carbocycles. The predicted octanol–water partition coefficient (Wildman–Crippen LogP) is 1.64. The summed E-state index contributed by atoms with van der Waals surface area (Å²) in [5.74, 6) is 1.65. The Kier molecular flexibility index (Phi) is 3.31. The lowest BCUT2D eigenvalue weighted by atomic mass is 9.94. The number of piperidine rings is 1. The zero-order valence-electron chi connectivity index (χ0n) is 9.58. The van der Waals surface area contributed by atoms with E-state index in [1.807, 2.05) is 13.8 Å². The second kappa shape index (κ2) is 4.71. The summed E-state index contributed by atoms with van der Waals surface area (Å²) in [4.78, 5) is 8.79. The second-order valence-corrected chi connectivity index (χ2v) is 4.46. The van der Waals surface area contributed by atoms with Crippen LogP contribution in [0.1, 0.15) is 30.1 Å². The summed E-state index contributed by atoms with van der Waals surface area (Å²) in [5.41, 5.74) is 2.29. The Morgan fingerprint density at radius 1 is 1.40 bits per heavy atom. The molecule has 1 aliphatic heterocycles. The molecule has 2 rings (SSSR count). The minimum Gasteiger partial charge on any atom is -0.316 e. The molecule has 15 heavy (non-hydrogen) atoms. The van der Waals surface area contributed by atoms with Gasteiger partial charge in [0.05, 0.1) is 0 Å². The van der Waals surface area contributed by atoms with Crippen LogP contribution in [-0.4, -0.2) is 23.1 Å². The maximum atomic E-state index is 4.49. The summed E-state index contributed by atoms with van der Waals surface area (Å²) in [5, 5.41) is 3.44. The zero-order valence-corrected chi connectivity index (χ0v) is 9.58. The van der Waals surface area contributed by atoms with Crippen molar-refractivity contribution in [2.24, 2.45) is 5.92 Å². The highest BCUT2D eigenvalue weighted by atomic mass is 14.9. The molecule has 0 unspecified atom stereocenters. The number of aromatic nitrogens is 2. The quantitative estimate of drug-likeness (QED) is 0.797. The lowest BCUT2D eigenvalue weighted by molar-refractivity contribution is 0.373. The first-order valence-corrected chi connectivity index (χ1v) is 5.76. The van der Waals surface area contributed by atoms with Gasteiger partial charge < -0.3 is 5.32 Å². The Morgan fingerprint density at radius 3 is 2.93 bits per heavy atom. The second-order valence-electron chi connectivity index (χ2n) is 4.46. The third-order valence-electron chi connectivity index (χ3n) is 2.92. The molecule has 1 N–H and O–H groups in total. The Balaban J connectivity index is 2.02. The minimum atomic E-state index is 0.757. The molecule has 1 aromatic rings. The van der Waals surface area contributed by atoms with Gasteiger partial charge in [0.15, 0.2) is 0 Å². The van der Waals surface area contributed by atoms with Gasteiger partial charge in [0.2, 0.25) is 0 Å². The fourth-order valence-corrected chi connectivity index (χ4v) is 2.29. The summed E-state index contributed by atoms with van der Waals surface area (Å²) in [6, 6.07) is 2.11. The van der Waals surface area contributed by atoms with E-state index in [1.54, 1.807) is 0 Å². The molecule has 0 aromatic carbocycles. The van der Waals surface area contributed by atoms with Gasteiger partial charge in [-0.05, 0) is 58.2 Å². The van der Waals surface area contributed by atoms with Crippen molar-refractivity contribution in [3.63, 3.8) is 0 Å². The van der Waals surface area contributed by atoms with Crippen molar-refractivity contribution in [2.45, 2.75) is 33.1 Å². The van der Waals surface area contributed by atoms with Gasteiger partial charge in [-0.1, -0.05) is 0 Å². The number of hydrogen-bond acceptors (Lipinski definition) is 3. The van der Waals surface area contributed by atoms with E-state index in [-0.39, 0.29) is 0 Å². The molecular formula is C12H19N3. The first-order valence-electron chi connectivity index (χ1n) is 5.76. The Hall–Kier alpha value is -0.960. The molecule has 0 bridgehead atoms. The van der Waals surface area contributed by atoms with Crippen LogP contribution < -0.4 is 5.32 Å². The van der Waals surface area contributed by atoms with E-state index < -0.39 is 0 Å². The van der Waals surface area contributed by atoms with E-state index in [9.17, 15) is 0 Å². The van der Waals surface area contributed by atoms with Gasteiger partial charge in [-0.25, -0.2) is 9.97 Å². The highest BCUT2D eigenvalue weighted by Gasteiger charge is 2.14. The molecule has 82 valence electrons. The normalized spacial score (nSPS) is 21.6. The van der Waals surface area contributed by atoms with Crippen molar-refractivity contribution in [1.29, 1.82) is 0 Å². The molecule has 1 atom stereocenters. The molecule has 1 aromatic heterocycles. The molecule has 0 amide bonds. The summed E-state index contributed by atoms with van der Waals surface area (Å²) in [6.07, 6.45) is 3.72. The first kappa shape index (κ1) is 10.6. The maximum Gasteiger partial charge on any atom is 0.125 e. The van der Waals surface area contributed by atoms with Crippen molar-refractivity contribution in [2.75, 3.05) is 13.1 Å². The van der Waals surface area contributed by atoms with Crippen molar-refractivity contribution in [3.05, 3.63) is 23.3 Å². The fraction of sp³-hybridized carbons (Fsp3) is 0.667. The van der Waals surface area contributed by atoms with Gasteiger partial charge in [-0.15, -0.1) is 0 Å². The van der Waals surface area contributed by atoms with Crippen LogP contribution in [0.3, 0.4) is 0 Å². The van der Waals surface area contributed by atoms with Crippen LogP contribution >= 0.6 is 0 Å². The number of nitrogens with zero attached hydrogens (tertiary/aromatic N) is 2. The smallest absolute Gasteiger partial charge is 0.125 e. The van der Waals surface area contributed by atoms with Crippen molar-refractivity contribution in [1.82, 2.24) is 15.3 Å². The summed E-state index contributed by atoms with van der Waals surface area (Å²) < 4.78 is 0. The van der Waals surface area contributed by atoms with Crippen molar-refractivity contribution >= 4 is 0 Å². The Labute approximate surface area is 91.3 Å². The third kappa shape index (κ3) is 2.99. The Bertz CT molecular complexity index is 309. The van der Waals surface area contributed by atoms with Crippen LogP contribution in [0.4, 0.5) is 0 Å². The van der Waals surface area contributed by atoms with Gasteiger partial charge in [0, 0.05) is 11.4 Å². The van der Waals surface area contributed by atoms with E-state index >= 15 is 0 Å². The van der Waals surface area contributed by atoms with Gasteiger partial charge in [-0.2, -0.15) is 0 Å². The summed E-state index contributed by atoms with van der Waals surface area (Å²) in [7, 11) is 0. The minimum absolute atomic E-state index is 0.757. The molecule has 0 radical (unpaired) electrons. The van der Waals surface area contributed by atoms with Gasteiger partial charge in [0.25, 0.3) is 0 Å².